The normalized spacial score (nSPS) is 13.8. The summed E-state index contributed by atoms with van der Waals surface area (Å²) < 4.78 is 13.5. The van der Waals surface area contributed by atoms with Gasteiger partial charge in [0.1, 0.15) is 5.82 Å². The van der Waals surface area contributed by atoms with Crippen molar-refractivity contribution in [3.05, 3.63) is 70.0 Å². The SMILES string of the molecule is O=C(O)c1cc(Cc2ccc(F)cc2C2CC2)cc(C(=O)O)c1. The number of carboxylic acid groups (broad SMARTS) is 2. The van der Waals surface area contributed by atoms with Gasteiger partial charge in [0.15, 0.2) is 0 Å². The van der Waals surface area contributed by atoms with Crippen LogP contribution in [0.25, 0.3) is 0 Å². The highest BCUT2D eigenvalue weighted by Gasteiger charge is 2.26. The van der Waals surface area contributed by atoms with Crippen molar-refractivity contribution in [2.45, 2.75) is 25.2 Å². The molecular formula is C18H15FO4. The van der Waals surface area contributed by atoms with Gasteiger partial charge in [-0.1, -0.05) is 6.07 Å². The second-order valence-electron chi connectivity index (χ2n) is 5.82. The summed E-state index contributed by atoms with van der Waals surface area (Å²) in [4.78, 5) is 22.3. The Morgan fingerprint density at radius 3 is 2.13 bits per heavy atom. The van der Waals surface area contributed by atoms with Crippen LogP contribution in [0.1, 0.15) is 56.2 Å². The topological polar surface area (TPSA) is 74.6 Å². The minimum Gasteiger partial charge on any atom is -0.478 e. The summed E-state index contributed by atoms with van der Waals surface area (Å²) in [6.45, 7) is 0. The fourth-order valence-electron chi connectivity index (χ4n) is 2.76. The van der Waals surface area contributed by atoms with E-state index in [9.17, 15) is 14.0 Å². The van der Waals surface area contributed by atoms with E-state index in [0.717, 1.165) is 30.0 Å². The van der Waals surface area contributed by atoms with E-state index in [2.05, 4.69) is 0 Å². The number of carboxylic acids is 2. The van der Waals surface area contributed by atoms with E-state index in [4.69, 9.17) is 10.2 Å². The Hall–Kier alpha value is -2.69. The van der Waals surface area contributed by atoms with Crippen molar-refractivity contribution < 1.29 is 24.2 Å². The third kappa shape index (κ3) is 3.39. The maximum atomic E-state index is 13.5. The lowest BCUT2D eigenvalue weighted by atomic mass is 9.95. The van der Waals surface area contributed by atoms with Crippen LogP contribution in [0.2, 0.25) is 0 Å². The van der Waals surface area contributed by atoms with E-state index in [0.29, 0.717) is 17.9 Å². The van der Waals surface area contributed by atoms with Crippen LogP contribution in [0.3, 0.4) is 0 Å². The lowest BCUT2D eigenvalue weighted by molar-refractivity contribution is 0.0696. The molecule has 0 bridgehead atoms. The van der Waals surface area contributed by atoms with Gasteiger partial charge in [-0.15, -0.1) is 0 Å². The molecule has 0 unspecified atom stereocenters. The summed E-state index contributed by atoms with van der Waals surface area (Å²) in [5.74, 6) is -2.28. The van der Waals surface area contributed by atoms with E-state index in [1.165, 1.54) is 24.3 Å². The Bertz CT molecular complexity index is 761. The van der Waals surface area contributed by atoms with Gasteiger partial charge in [-0.3, -0.25) is 0 Å². The van der Waals surface area contributed by atoms with Crippen molar-refractivity contribution >= 4 is 11.9 Å². The van der Waals surface area contributed by atoms with Crippen LogP contribution < -0.4 is 0 Å². The minimum absolute atomic E-state index is 0.0602. The van der Waals surface area contributed by atoms with E-state index in [1.807, 2.05) is 0 Å². The molecule has 0 amide bonds. The van der Waals surface area contributed by atoms with Crippen LogP contribution in [0.5, 0.6) is 0 Å². The molecule has 0 radical (unpaired) electrons. The van der Waals surface area contributed by atoms with Crippen LogP contribution in [0.4, 0.5) is 4.39 Å². The molecule has 2 N–H and O–H groups in total. The molecule has 0 atom stereocenters. The first-order valence-corrected chi connectivity index (χ1v) is 7.33. The Kier molecular flexibility index (Phi) is 3.86. The van der Waals surface area contributed by atoms with Crippen molar-refractivity contribution in [2.75, 3.05) is 0 Å². The molecule has 2 aromatic rings. The van der Waals surface area contributed by atoms with Crippen molar-refractivity contribution in [3.8, 4) is 0 Å². The Balaban J connectivity index is 1.99. The average molecular weight is 314 g/mol. The molecule has 0 aromatic heterocycles. The lowest BCUT2D eigenvalue weighted by Gasteiger charge is -2.11. The van der Waals surface area contributed by atoms with E-state index in [-0.39, 0.29) is 16.9 Å². The molecule has 0 spiro atoms. The smallest absolute Gasteiger partial charge is 0.335 e. The van der Waals surface area contributed by atoms with Gasteiger partial charge in [-0.25, -0.2) is 14.0 Å². The summed E-state index contributed by atoms with van der Waals surface area (Å²) in [5, 5.41) is 18.3. The van der Waals surface area contributed by atoms with Crippen LogP contribution in [0, 0.1) is 5.82 Å². The van der Waals surface area contributed by atoms with Gasteiger partial charge < -0.3 is 10.2 Å². The van der Waals surface area contributed by atoms with Crippen molar-refractivity contribution in [1.82, 2.24) is 0 Å². The first-order valence-electron chi connectivity index (χ1n) is 7.33. The molecule has 118 valence electrons. The van der Waals surface area contributed by atoms with Gasteiger partial charge >= 0.3 is 11.9 Å². The summed E-state index contributed by atoms with van der Waals surface area (Å²) in [6.07, 6.45) is 2.42. The van der Waals surface area contributed by atoms with Crippen molar-refractivity contribution in [2.24, 2.45) is 0 Å². The molecule has 0 saturated heterocycles. The molecule has 0 heterocycles. The minimum atomic E-state index is -1.17. The van der Waals surface area contributed by atoms with Gasteiger partial charge in [-0.2, -0.15) is 0 Å². The zero-order valence-corrected chi connectivity index (χ0v) is 12.3. The second kappa shape index (κ2) is 5.83. The van der Waals surface area contributed by atoms with Crippen molar-refractivity contribution in [1.29, 1.82) is 0 Å². The third-order valence-electron chi connectivity index (χ3n) is 4.01. The predicted octanol–water partition coefficient (Wildman–Crippen LogP) is 3.69. The molecule has 2 aromatic carbocycles. The van der Waals surface area contributed by atoms with Crippen molar-refractivity contribution in [3.63, 3.8) is 0 Å². The average Bonchev–Trinajstić information content (AvgIpc) is 3.33. The highest BCUT2D eigenvalue weighted by molar-refractivity contribution is 5.94. The summed E-state index contributed by atoms with van der Waals surface area (Å²) in [5.41, 5.74) is 2.32. The van der Waals surface area contributed by atoms with Gasteiger partial charge in [0, 0.05) is 0 Å². The Morgan fingerprint density at radius 1 is 1.00 bits per heavy atom. The number of hydrogen-bond donors (Lipinski definition) is 2. The molecule has 1 aliphatic carbocycles. The predicted molar refractivity (Wildman–Crippen MR) is 81.5 cm³/mol. The molecule has 0 aliphatic heterocycles. The quantitative estimate of drug-likeness (QED) is 0.882. The number of hydrogen-bond acceptors (Lipinski definition) is 2. The zero-order chi connectivity index (χ0) is 16.6. The van der Waals surface area contributed by atoms with Gasteiger partial charge in [-0.05, 0) is 72.2 Å². The van der Waals surface area contributed by atoms with Gasteiger partial charge in [0.05, 0.1) is 11.1 Å². The molecule has 3 rings (SSSR count). The maximum absolute atomic E-state index is 13.5. The molecule has 1 aliphatic rings. The molecular weight excluding hydrogens is 299 g/mol. The highest BCUT2D eigenvalue weighted by atomic mass is 19.1. The number of carbonyl (C=O) groups is 2. The molecule has 5 heteroatoms. The van der Waals surface area contributed by atoms with Crippen LogP contribution >= 0.6 is 0 Å². The summed E-state index contributed by atoms with van der Waals surface area (Å²) >= 11 is 0. The maximum Gasteiger partial charge on any atom is 0.335 e. The van der Waals surface area contributed by atoms with E-state index >= 15 is 0 Å². The number of rotatable bonds is 5. The highest BCUT2D eigenvalue weighted by Crippen LogP contribution is 2.42. The van der Waals surface area contributed by atoms with Crippen LogP contribution in [0.15, 0.2) is 36.4 Å². The molecule has 1 fully saturated rings. The summed E-state index contributed by atoms with van der Waals surface area (Å²) in [6, 6.07) is 8.66. The fraction of sp³-hybridized carbons (Fsp3) is 0.222. The largest absolute Gasteiger partial charge is 0.478 e. The lowest BCUT2D eigenvalue weighted by Crippen LogP contribution is -2.05. The van der Waals surface area contributed by atoms with Crippen LogP contribution in [-0.4, -0.2) is 22.2 Å². The third-order valence-corrected chi connectivity index (χ3v) is 4.01. The Labute approximate surface area is 132 Å². The van der Waals surface area contributed by atoms with Gasteiger partial charge in [0.25, 0.3) is 0 Å². The Morgan fingerprint density at radius 2 is 1.61 bits per heavy atom. The first kappa shape index (κ1) is 15.2. The van der Waals surface area contributed by atoms with Gasteiger partial charge in [0.2, 0.25) is 0 Å². The van der Waals surface area contributed by atoms with E-state index in [1.54, 1.807) is 6.07 Å². The summed E-state index contributed by atoms with van der Waals surface area (Å²) in [7, 11) is 0. The fourth-order valence-corrected chi connectivity index (χ4v) is 2.76. The second-order valence-corrected chi connectivity index (χ2v) is 5.82. The monoisotopic (exact) mass is 314 g/mol. The molecule has 1 saturated carbocycles. The molecule has 23 heavy (non-hydrogen) atoms. The standard InChI is InChI=1S/C18H15FO4/c19-15-4-3-12(16(9-15)11-1-2-11)5-10-6-13(17(20)21)8-14(7-10)18(22)23/h3-4,6-9,11H,1-2,5H2,(H,20,21)(H,22,23). The molecule has 4 nitrogen and oxygen atoms in total. The number of halogens is 1. The van der Waals surface area contributed by atoms with Crippen LogP contribution in [-0.2, 0) is 6.42 Å². The first-order chi connectivity index (χ1) is 10.9. The number of aromatic carboxylic acids is 2. The number of benzene rings is 2. The van der Waals surface area contributed by atoms with E-state index < -0.39 is 11.9 Å². The zero-order valence-electron chi connectivity index (χ0n) is 12.3.